The molecule has 0 aliphatic carbocycles. The van der Waals surface area contributed by atoms with Crippen molar-refractivity contribution in [3.05, 3.63) is 70.2 Å². The van der Waals surface area contributed by atoms with Crippen LogP contribution in [0, 0.1) is 6.92 Å². The number of benzene rings is 1. The fourth-order valence-corrected chi connectivity index (χ4v) is 3.91. The highest BCUT2D eigenvalue weighted by molar-refractivity contribution is 7.09. The standard InChI is InChI=1S/C19H20N8OS/c1-13-11-29-18(22-13)19(2,14-9-21-26(3)10-14)12-20-17(28)16-23-25-27(24-16)15-7-5-4-6-8-15/h4-11H,12H2,1-3H3,(H,20,28). The van der Waals surface area contributed by atoms with E-state index in [1.54, 1.807) is 22.2 Å². The Kier molecular flexibility index (Phi) is 4.93. The molecule has 3 aromatic heterocycles. The van der Waals surface area contributed by atoms with E-state index < -0.39 is 11.3 Å². The van der Waals surface area contributed by atoms with Gasteiger partial charge in [0.05, 0.1) is 17.3 Å². The molecule has 1 atom stereocenters. The Morgan fingerprint density at radius 2 is 2.07 bits per heavy atom. The summed E-state index contributed by atoms with van der Waals surface area (Å²) in [5, 5.41) is 22.2. The molecule has 10 heteroatoms. The van der Waals surface area contributed by atoms with Gasteiger partial charge in [0.2, 0.25) is 0 Å². The fourth-order valence-electron chi connectivity index (χ4n) is 2.93. The van der Waals surface area contributed by atoms with Gasteiger partial charge in [0.25, 0.3) is 11.7 Å². The summed E-state index contributed by atoms with van der Waals surface area (Å²) in [5.74, 6) is -0.381. The summed E-state index contributed by atoms with van der Waals surface area (Å²) in [6, 6.07) is 9.32. The van der Waals surface area contributed by atoms with Crippen molar-refractivity contribution >= 4 is 17.2 Å². The van der Waals surface area contributed by atoms with Crippen molar-refractivity contribution in [3.8, 4) is 5.69 Å². The Balaban J connectivity index is 1.55. The van der Waals surface area contributed by atoms with Crippen LogP contribution < -0.4 is 5.32 Å². The van der Waals surface area contributed by atoms with E-state index in [1.165, 1.54) is 4.80 Å². The van der Waals surface area contributed by atoms with Crippen LogP contribution >= 0.6 is 11.3 Å². The van der Waals surface area contributed by atoms with Crippen molar-refractivity contribution in [1.82, 2.24) is 40.3 Å². The van der Waals surface area contributed by atoms with Crippen molar-refractivity contribution in [1.29, 1.82) is 0 Å². The molecule has 3 heterocycles. The molecule has 1 amide bonds. The van der Waals surface area contributed by atoms with E-state index in [-0.39, 0.29) is 5.82 Å². The smallest absolute Gasteiger partial charge is 0.292 e. The number of aryl methyl sites for hydroxylation is 2. The molecule has 1 N–H and O–H groups in total. The summed E-state index contributed by atoms with van der Waals surface area (Å²) in [5.41, 5.74) is 2.12. The van der Waals surface area contributed by atoms with Crippen molar-refractivity contribution in [2.75, 3.05) is 6.54 Å². The van der Waals surface area contributed by atoms with Crippen LogP contribution in [0.25, 0.3) is 5.69 Å². The minimum Gasteiger partial charge on any atom is -0.348 e. The topological polar surface area (TPSA) is 103 Å². The Bertz CT molecular complexity index is 1090. The lowest BCUT2D eigenvalue weighted by molar-refractivity contribution is 0.0936. The van der Waals surface area contributed by atoms with Gasteiger partial charge in [0.1, 0.15) is 5.01 Å². The second-order valence-corrected chi connectivity index (χ2v) is 7.81. The first-order valence-corrected chi connectivity index (χ1v) is 9.89. The normalized spacial score (nSPS) is 13.2. The summed E-state index contributed by atoms with van der Waals surface area (Å²) < 4.78 is 1.74. The fraction of sp³-hybridized carbons (Fsp3) is 0.263. The first kappa shape index (κ1) is 18.9. The van der Waals surface area contributed by atoms with Crippen molar-refractivity contribution in [3.63, 3.8) is 0 Å². The van der Waals surface area contributed by atoms with Crippen LogP contribution in [0.15, 0.2) is 48.1 Å². The van der Waals surface area contributed by atoms with E-state index in [2.05, 4.69) is 30.8 Å². The van der Waals surface area contributed by atoms with Gasteiger partial charge in [-0.05, 0) is 31.2 Å². The second kappa shape index (κ2) is 7.55. The third-order valence-corrected chi connectivity index (χ3v) is 5.86. The van der Waals surface area contributed by atoms with Crippen LogP contribution in [0.2, 0.25) is 0 Å². The molecule has 4 aromatic rings. The molecule has 0 radical (unpaired) electrons. The number of tetrazole rings is 1. The Morgan fingerprint density at radius 1 is 1.28 bits per heavy atom. The average Bonchev–Trinajstić information content (AvgIpc) is 3.47. The summed E-state index contributed by atoms with van der Waals surface area (Å²) in [6.45, 7) is 4.31. The van der Waals surface area contributed by atoms with Crippen LogP contribution in [-0.4, -0.2) is 47.4 Å². The van der Waals surface area contributed by atoms with Crippen molar-refractivity contribution < 1.29 is 4.79 Å². The van der Waals surface area contributed by atoms with Gasteiger partial charge in [0.15, 0.2) is 0 Å². The molecule has 0 bridgehead atoms. The number of nitrogens with one attached hydrogen (secondary N) is 1. The first-order chi connectivity index (χ1) is 14.0. The van der Waals surface area contributed by atoms with Crippen molar-refractivity contribution in [2.24, 2.45) is 7.05 Å². The largest absolute Gasteiger partial charge is 0.348 e. The van der Waals surface area contributed by atoms with E-state index in [9.17, 15) is 4.79 Å². The average molecular weight is 408 g/mol. The Labute approximate surface area is 171 Å². The third-order valence-electron chi connectivity index (χ3n) is 4.64. The highest BCUT2D eigenvalue weighted by atomic mass is 32.1. The number of thiazole rings is 1. The van der Waals surface area contributed by atoms with E-state index in [4.69, 9.17) is 0 Å². The molecule has 0 aliphatic heterocycles. The van der Waals surface area contributed by atoms with Gasteiger partial charge in [-0.25, -0.2) is 4.98 Å². The number of amides is 1. The van der Waals surface area contributed by atoms with E-state index >= 15 is 0 Å². The van der Waals surface area contributed by atoms with Gasteiger partial charge in [-0.3, -0.25) is 9.48 Å². The zero-order valence-electron chi connectivity index (χ0n) is 16.3. The van der Waals surface area contributed by atoms with E-state index in [0.717, 1.165) is 22.0 Å². The number of rotatable bonds is 6. The van der Waals surface area contributed by atoms with Crippen LogP contribution in [0.1, 0.15) is 33.8 Å². The molecule has 0 spiro atoms. The number of hydrogen-bond donors (Lipinski definition) is 1. The SMILES string of the molecule is Cc1csc(C(C)(CNC(=O)c2nnn(-c3ccccc3)n2)c2cnn(C)c2)n1. The van der Waals surface area contributed by atoms with Crippen LogP contribution in [0.3, 0.4) is 0 Å². The predicted octanol–water partition coefficient (Wildman–Crippen LogP) is 1.90. The van der Waals surface area contributed by atoms with Gasteiger partial charge in [-0.1, -0.05) is 18.2 Å². The second-order valence-electron chi connectivity index (χ2n) is 6.95. The molecule has 148 valence electrons. The Hall–Kier alpha value is -3.40. The predicted molar refractivity (Wildman–Crippen MR) is 108 cm³/mol. The molecule has 1 aromatic carbocycles. The summed E-state index contributed by atoms with van der Waals surface area (Å²) in [6.07, 6.45) is 3.74. The minimum absolute atomic E-state index is 0.0118. The molecule has 1 unspecified atom stereocenters. The van der Waals surface area contributed by atoms with Crippen LogP contribution in [-0.2, 0) is 12.5 Å². The van der Waals surface area contributed by atoms with E-state index in [0.29, 0.717) is 6.54 Å². The number of hydrogen-bond acceptors (Lipinski definition) is 7. The number of carbonyl (C=O) groups is 1. The quantitative estimate of drug-likeness (QED) is 0.523. The van der Waals surface area contributed by atoms with Crippen molar-refractivity contribution in [2.45, 2.75) is 19.3 Å². The number of aromatic nitrogens is 7. The molecule has 29 heavy (non-hydrogen) atoms. The first-order valence-electron chi connectivity index (χ1n) is 9.01. The summed E-state index contributed by atoms with van der Waals surface area (Å²) in [4.78, 5) is 18.7. The highest BCUT2D eigenvalue weighted by Gasteiger charge is 2.34. The summed E-state index contributed by atoms with van der Waals surface area (Å²) in [7, 11) is 1.86. The van der Waals surface area contributed by atoms with Gasteiger partial charge < -0.3 is 5.32 Å². The lowest BCUT2D eigenvalue weighted by atomic mass is 9.85. The molecule has 9 nitrogen and oxygen atoms in total. The minimum atomic E-state index is -0.529. The maximum Gasteiger partial charge on any atom is 0.292 e. The number of para-hydroxylation sites is 1. The van der Waals surface area contributed by atoms with Gasteiger partial charge in [0, 0.05) is 36.4 Å². The van der Waals surface area contributed by atoms with E-state index in [1.807, 2.05) is 62.8 Å². The lowest BCUT2D eigenvalue weighted by Gasteiger charge is -2.26. The monoisotopic (exact) mass is 408 g/mol. The van der Waals surface area contributed by atoms with Gasteiger partial charge in [-0.2, -0.15) is 5.10 Å². The van der Waals surface area contributed by atoms with Crippen LogP contribution in [0.5, 0.6) is 0 Å². The Morgan fingerprint density at radius 3 is 2.72 bits per heavy atom. The zero-order chi connectivity index (χ0) is 20.4. The number of carbonyl (C=O) groups excluding carboxylic acids is 1. The van der Waals surface area contributed by atoms with Gasteiger partial charge in [-0.15, -0.1) is 26.3 Å². The van der Waals surface area contributed by atoms with Crippen LogP contribution in [0.4, 0.5) is 0 Å². The maximum absolute atomic E-state index is 12.7. The van der Waals surface area contributed by atoms with Gasteiger partial charge >= 0.3 is 0 Å². The molecule has 0 saturated heterocycles. The molecule has 0 saturated carbocycles. The summed E-state index contributed by atoms with van der Waals surface area (Å²) >= 11 is 1.56. The highest BCUT2D eigenvalue weighted by Crippen LogP contribution is 2.33. The molecular formula is C19H20N8OS. The number of nitrogens with zero attached hydrogens (tertiary/aromatic N) is 7. The lowest BCUT2D eigenvalue weighted by Crippen LogP contribution is -2.39. The maximum atomic E-state index is 12.7. The molecular weight excluding hydrogens is 388 g/mol. The third kappa shape index (κ3) is 3.79. The molecule has 0 fully saturated rings. The zero-order valence-corrected chi connectivity index (χ0v) is 17.1. The molecule has 4 rings (SSSR count). The molecule has 0 aliphatic rings.